The van der Waals surface area contributed by atoms with Gasteiger partial charge in [0.2, 0.25) is 0 Å². The standard InChI is InChI=1S/C51H35NO2/c1-3-13-34-27-36(23-21-32(34)11-1)52(37-24-22-33-12-2-4-14-35(33)28-37)38-25-26-47-48(29-38)54-49-30-42-41-17-7-10-20-45(41)51(46(42)31-50(49)53-47)43-18-8-5-15-39(43)40-16-6-9-19-44(40)51/h1-29,49-50H,30-31H2. The van der Waals surface area contributed by atoms with Crippen LogP contribution in [0.1, 0.15) is 35.1 Å². The molecule has 0 saturated carbocycles. The average molecular weight is 694 g/mol. The van der Waals surface area contributed by atoms with Crippen LogP contribution in [0.5, 0.6) is 11.5 Å². The van der Waals surface area contributed by atoms with Crippen molar-refractivity contribution in [3.8, 4) is 22.6 Å². The number of nitrogens with zero attached hydrogens (tertiary/aromatic N) is 1. The Hall–Kier alpha value is -6.58. The van der Waals surface area contributed by atoms with Gasteiger partial charge >= 0.3 is 0 Å². The second-order valence-corrected chi connectivity index (χ2v) is 15.1. The third-order valence-corrected chi connectivity index (χ3v) is 12.4. The number of benzene rings is 8. The van der Waals surface area contributed by atoms with Gasteiger partial charge in [0.1, 0.15) is 12.2 Å². The zero-order valence-corrected chi connectivity index (χ0v) is 29.6. The van der Waals surface area contributed by atoms with Gasteiger partial charge in [-0.2, -0.15) is 0 Å². The van der Waals surface area contributed by atoms with Crippen LogP contribution >= 0.6 is 0 Å². The first-order valence-electron chi connectivity index (χ1n) is 19.0. The van der Waals surface area contributed by atoms with E-state index in [4.69, 9.17) is 9.47 Å². The van der Waals surface area contributed by atoms with Crippen LogP contribution in [0.15, 0.2) is 181 Å². The van der Waals surface area contributed by atoms with Crippen LogP contribution in [0.25, 0.3) is 38.2 Å². The van der Waals surface area contributed by atoms with Gasteiger partial charge in [0.05, 0.1) is 11.1 Å². The van der Waals surface area contributed by atoms with Crippen LogP contribution in [-0.2, 0) is 5.41 Å². The molecule has 54 heavy (non-hydrogen) atoms. The fraction of sp³-hybridized carbons (Fsp3) is 0.0980. The summed E-state index contributed by atoms with van der Waals surface area (Å²) in [5.41, 5.74) is 13.9. The van der Waals surface area contributed by atoms with Crippen molar-refractivity contribution < 1.29 is 9.47 Å². The number of anilines is 3. The van der Waals surface area contributed by atoms with Gasteiger partial charge in [-0.15, -0.1) is 0 Å². The predicted molar refractivity (Wildman–Crippen MR) is 219 cm³/mol. The Morgan fingerprint density at radius 3 is 1.50 bits per heavy atom. The lowest BCUT2D eigenvalue weighted by atomic mass is 9.67. The summed E-state index contributed by atoms with van der Waals surface area (Å²) in [5.74, 6) is 1.60. The zero-order chi connectivity index (χ0) is 35.4. The smallest absolute Gasteiger partial charge is 0.163 e. The van der Waals surface area contributed by atoms with Gasteiger partial charge < -0.3 is 14.4 Å². The maximum atomic E-state index is 7.07. The molecule has 0 amide bonds. The van der Waals surface area contributed by atoms with Crippen molar-refractivity contribution in [3.05, 3.63) is 204 Å². The van der Waals surface area contributed by atoms with Crippen LogP contribution in [0, 0.1) is 0 Å². The molecule has 0 saturated heterocycles. The molecule has 8 aromatic carbocycles. The summed E-state index contributed by atoms with van der Waals surface area (Å²) in [4.78, 5) is 2.34. The maximum Gasteiger partial charge on any atom is 0.163 e. The van der Waals surface area contributed by atoms with Gasteiger partial charge in [-0.25, -0.2) is 0 Å². The van der Waals surface area contributed by atoms with Crippen molar-refractivity contribution in [2.45, 2.75) is 30.5 Å². The highest BCUT2D eigenvalue weighted by molar-refractivity contribution is 5.96. The van der Waals surface area contributed by atoms with E-state index in [0.29, 0.717) is 0 Å². The SMILES string of the molecule is c1ccc2c(c1)C1=C(CC3Oc4ccc(N(c5ccc6ccccc6c5)c5ccc6ccccc6c5)cc4OC3C1)C21c2ccccc2-c2ccccc21. The molecule has 3 aliphatic carbocycles. The molecule has 2 unspecified atom stereocenters. The Bertz CT molecular complexity index is 2760. The zero-order valence-electron chi connectivity index (χ0n) is 29.6. The highest BCUT2D eigenvalue weighted by Crippen LogP contribution is 2.64. The molecule has 0 bridgehead atoms. The Morgan fingerprint density at radius 2 is 0.870 bits per heavy atom. The molecule has 0 radical (unpaired) electrons. The van der Waals surface area contributed by atoms with Crippen molar-refractivity contribution in [3.63, 3.8) is 0 Å². The molecular formula is C51H35NO2. The number of ether oxygens (including phenoxy) is 2. The van der Waals surface area contributed by atoms with E-state index in [0.717, 1.165) is 41.4 Å². The van der Waals surface area contributed by atoms with E-state index in [1.165, 1.54) is 66.1 Å². The van der Waals surface area contributed by atoms with E-state index < -0.39 is 0 Å². The first-order chi connectivity index (χ1) is 26.7. The quantitative estimate of drug-likeness (QED) is 0.184. The van der Waals surface area contributed by atoms with E-state index in [1.54, 1.807) is 0 Å². The molecular weight excluding hydrogens is 659 g/mol. The van der Waals surface area contributed by atoms with Gasteiger partial charge in [-0.3, -0.25) is 0 Å². The number of hydrogen-bond acceptors (Lipinski definition) is 3. The molecule has 0 N–H and O–H groups in total. The molecule has 1 heterocycles. The number of rotatable bonds is 3. The second kappa shape index (κ2) is 11.2. The lowest BCUT2D eigenvalue weighted by Gasteiger charge is -2.41. The third kappa shape index (κ3) is 4.12. The minimum absolute atomic E-state index is 0.0923. The average Bonchev–Trinajstić information content (AvgIpc) is 3.69. The van der Waals surface area contributed by atoms with Crippen LogP contribution in [0.4, 0.5) is 17.1 Å². The summed E-state index contributed by atoms with van der Waals surface area (Å²) in [6, 6.07) is 64.1. The number of fused-ring (bicyclic) bond motifs is 13. The predicted octanol–water partition coefficient (Wildman–Crippen LogP) is 12.5. The van der Waals surface area contributed by atoms with Crippen LogP contribution in [-0.4, -0.2) is 12.2 Å². The van der Waals surface area contributed by atoms with Crippen LogP contribution in [0.2, 0.25) is 0 Å². The largest absolute Gasteiger partial charge is 0.482 e. The van der Waals surface area contributed by atoms with Crippen molar-refractivity contribution in [2.24, 2.45) is 0 Å². The fourth-order valence-electron chi connectivity index (χ4n) is 10.1. The molecule has 8 aromatic rings. The summed E-state index contributed by atoms with van der Waals surface area (Å²) in [6.45, 7) is 0. The molecule has 0 aromatic heterocycles. The molecule has 3 nitrogen and oxygen atoms in total. The molecule has 1 spiro atoms. The van der Waals surface area contributed by atoms with Crippen molar-refractivity contribution >= 4 is 44.2 Å². The fourth-order valence-corrected chi connectivity index (χ4v) is 10.1. The van der Waals surface area contributed by atoms with E-state index >= 15 is 0 Å². The van der Waals surface area contributed by atoms with E-state index in [9.17, 15) is 0 Å². The Balaban J connectivity index is 0.960. The van der Waals surface area contributed by atoms with Crippen molar-refractivity contribution in [1.29, 1.82) is 0 Å². The van der Waals surface area contributed by atoms with Gasteiger partial charge in [-0.05, 0) is 102 Å². The summed E-state index contributed by atoms with van der Waals surface area (Å²) in [5, 5.41) is 4.85. The highest BCUT2D eigenvalue weighted by atomic mass is 16.6. The lowest BCUT2D eigenvalue weighted by molar-refractivity contribution is 0.0191. The Labute approximate surface area is 314 Å². The minimum atomic E-state index is -0.322. The topological polar surface area (TPSA) is 21.7 Å². The normalized spacial score (nSPS) is 18.2. The number of hydrogen-bond donors (Lipinski definition) is 0. The summed E-state index contributed by atoms with van der Waals surface area (Å²) in [7, 11) is 0. The maximum absolute atomic E-state index is 7.07. The van der Waals surface area contributed by atoms with Crippen molar-refractivity contribution in [2.75, 3.05) is 4.90 Å². The molecule has 4 aliphatic rings. The van der Waals surface area contributed by atoms with Gasteiger partial charge in [0.25, 0.3) is 0 Å². The van der Waals surface area contributed by atoms with E-state index in [2.05, 4.69) is 181 Å². The summed E-state index contributed by atoms with van der Waals surface area (Å²) in [6.07, 6.45) is 1.41. The summed E-state index contributed by atoms with van der Waals surface area (Å²) < 4.78 is 14.1. The van der Waals surface area contributed by atoms with Gasteiger partial charge in [-0.1, -0.05) is 133 Å². The van der Waals surface area contributed by atoms with Crippen LogP contribution in [0.3, 0.4) is 0 Å². The monoisotopic (exact) mass is 693 g/mol. The lowest BCUT2D eigenvalue weighted by Crippen LogP contribution is -2.44. The molecule has 0 fully saturated rings. The Kier molecular flexibility index (Phi) is 6.22. The van der Waals surface area contributed by atoms with E-state index in [-0.39, 0.29) is 17.6 Å². The molecule has 3 heteroatoms. The highest BCUT2D eigenvalue weighted by Gasteiger charge is 2.56. The first kappa shape index (κ1) is 29.9. The van der Waals surface area contributed by atoms with Gasteiger partial charge in [0.15, 0.2) is 11.5 Å². The molecule has 12 rings (SSSR count). The minimum Gasteiger partial charge on any atom is -0.482 e. The molecule has 256 valence electrons. The van der Waals surface area contributed by atoms with E-state index in [1.807, 2.05) is 0 Å². The van der Waals surface area contributed by atoms with Crippen molar-refractivity contribution in [1.82, 2.24) is 0 Å². The second-order valence-electron chi connectivity index (χ2n) is 15.1. The summed E-state index contributed by atoms with van der Waals surface area (Å²) >= 11 is 0. The third-order valence-electron chi connectivity index (χ3n) is 12.4. The van der Waals surface area contributed by atoms with Gasteiger partial charge in [0, 0.05) is 30.3 Å². The first-order valence-corrected chi connectivity index (χ1v) is 19.0. The molecule has 1 aliphatic heterocycles. The Morgan fingerprint density at radius 1 is 0.407 bits per heavy atom. The molecule has 2 atom stereocenters. The van der Waals surface area contributed by atoms with Crippen LogP contribution < -0.4 is 14.4 Å².